The van der Waals surface area contributed by atoms with Crippen LogP contribution in [0.3, 0.4) is 0 Å². The van der Waals surface area contributed by atoms with Gasteiger partial charge in [0.2, 0.25) is 0 Å². The van der Waals surface area contributed by atoms with Gasteiger partial charge in [-0.25, -0.2) is 9.97 Å². The van der Waals surface area contributed by atoms with Crippen LogP contribution in [0.15, 0.2) is 6.33 Å². The van der Waals surface area contributed by atoms with Crippen LogP contribution in [0.4, 0.5) is 5.82 Å². The number of nitrogens with zero attached hydrogens (tertiary/aromatic N) is 3. The van der Waals surface area contributed by atoms with Crippen LogP contribution >= 0.6 is 11.6 Å². The molecule has 0 spiro atoms. The first kappa shape index (κ1) is 13.6. The summed E-state index contributed by atoms with van der Waals surface area (Å²) in [5, 5.41) is 0.618. The monoisotopic (exact) mass is 267 g/mol. The van der Waals surface area contributed by atoms with E-state index >= 15 is 0 Å². The molecule has 0 amide bonds. The number of aromatic nitrogens is 2. The molecule has 1 aromatic heterocycles. The Labute approximate surface area is 115 Å². The molecule has 4 heteroatoms. The van der Waals surface area contributed by atoms with Crippen molar-refractivity contribution in [3.05, 3.63) is 17.0 Å². The Morgan fingerprint density at radius 2 is 2.17 bits per heavy atom. The molecule has 0 N–H and O–H groups in total. The Bertz CT molecular complexity index is 408. The van der Waals surface area contributed by atoms with E-state index in [1.165, 1.54) is 12.8 Å². The van der Waals surface area contributed by atoms with Gasteiger partial charge in [-0.2, -0.15) is 0 Å². The second-order valence-electron chi connectivity index (χ2n) is 5.27. The van der Waals surface area contributed by atoms with Gasteiger partial charge in [0.25, 0.3) is 0 Å². The average Bonchev–Trinajstić information content (AvgIpc) is 2.36. The molecule has 0 bridgehead atoms. The number of anilines is 1. The Balaban J connectivity index is 2.34. The maximum absolute atomic E-state index is 6.23. The van der Waals surface area contributed by atoms with Crippen LogP contribution in [0.2, 0.25) is 5.15 Å². The van der Waals surface area contributed by atoms with Crippen molar-refractivity contribution >= 4 is 17.4 Å². The van der Waals surface area contributed by atoms with Gasteiger partial charge >= 0.3 is 0 Å². The minimum Gasteiger partial charge on any atom is -0.353 e. The van der Waals surface area contributed by atoms with Crippen molar-refractivity contribution in [1.29, 1.82) is 0 Å². The lowest BCUT2D eigenvalue weighted by molar-refractivity contribution is 0.361. The summed E-state index contributed by atoms with van der Waals surface area (Å²) in [5.41, 5.74) is 1.11. The van der Waals surface area contributed by atoms with Crippen LogP contribution in [0, 0.1) is 5.92 Å². The molecule has 18 heavy (non-hydrogen) atoms. The standard InChI is InChI=1S/C14H22ClN3/c1-4-6-12-13(15)16-9-17-14(12)18-8-5-7-10(2)11(18)3/h9-11H,4-8H2,1-3H3. The number of halogens is 1. The van der Waals surface area contributed by atoms with E-state index in [0.717, 1.165) is 30.8 Å². The van der Waals surface area contributed by atoms with Gasteiger partial charge in [-0.05, 0) is 32.1 Å². The van der Waals surface area contributed by atoms with E-state index in [-0.39, 0.29) is 0 Å². The summed E-state index contributed by atoms with van der Waals surface area (Å²) >= 11 is 6.23. The molecule has 1 aromatic rings. The normalized spacial score (nSPS) is 24.3. The molecule has 0 aliphatic carbocycles. The Kier molecular flexibility index (Phi) is 4.44. The molecule has 0 saturated carbocycles. The van der Waals surface area contributed by atoms with Crippen LogP contribution in [0.25, 0.3) is 0 Å². The third-order valence-corrected chi connectivity index (χ3v) is 4.34. The molecular formula is C14H22ClN3. The summed E-state index contributed by atoms with van der Waals surface area (Å²) < 4.78 is 0. The van der Waals surface area contributed by atoms with Crippen molar-refractivity contribution < 1.29 is 0 Å². The van der Waals surface area contributed by atoms with Gasteiger partial charge in [0, 0.05) is 18.2 Å². The molecule has 1 aliphatic heterocycles. The predicted molar refractivity (Wildman–Crippen MR) is 76.2 cm³/mol. The lowest BCUT2D eigenvalue weighted by Crippen LogP contribution is -2.43. The van der Waals surface area contributed by atoms with Gasteiger partial charge < -0.3 is 4.90 Å². The molecule has 1 aliphatic rings. The minimum absolute atomic E-state index is 0.528. The van der Waals surface area contributed by atoms with E-state index in [2.05, 4.69) is 35.6 Å². The summed E-state index contributed by atoms with van der Waals surface area (Å²) in [6.45, 7) is 7.85. The van der Waals surface area contributed by atoms with E-state index < -0.39 is 0 Å². The second kappa shape index (κ2) is 5.87. The zero-order chi connectivity index (χ0) is 13.1. The number of piperidine rings is 1. The number of hydrogen-bond acceptors (Lipinski definition) is 3. The van der Waals surface area contributed by atoms with Gasteiger partial charge in [0.1, 0.15) is 17.3 Å². The lowest BCUT2D eigenvalue weighted by Gasteiger charge is -2.39. The van der Waals surface area contributed by atoms with E-state index in [1.807, 2.05) is 0 Å². The fraction of sp³-hybridized carbons (Fsp3) is 0.714. The van der Waals surface area contributed by atoms with Crippen LogP contribution < -0.4 is 4.90 Å². The molecule has 2 rings (SSSR count). The first-order chi connectivity index (χ1) is 8.65. The third kappa shape index (κ3) is 2.61. The number of hydrogen-bond donors (Lipinski definition) is 0. The first-order valence-corrected chi connectivity index (χ1v) is 7.29. The van der Waals surface area contributed by atoms with Gasteiger partial charge in [-0.3, -0.25) is 0 Å². The maximum Gasteiger partial charge on any atom is 0.137 e. The van der Waals surface area contributed by atoms with Gasteiger partial charge in [0.15, 0.2) is 0 Å². The average molecular weight is 268 g/mol. The smallest absolute Gasteiger partial charge is 0.137 e. The van der Waals surface area contributed by atoms with Gasteiger partial charge in [-0.1, -0.05) is 31.9 Å². The topological polar surface area (TPSA) is 29.0 Å². The van der Waals surface area contributed by atoms with Crippen molar-refractivity contribution in [2.45, 2.75) is 52.5 Å². The highest BCUT2D eigenvalue weighted by atomic mass is 35.5. The van der Waals surface area contributed by atoms with Crippen LogP contribution in [0.1, 0.15) is 45.6 Å². The highest BCUT2D eigenvalue weighted by Gasteiger charge is 2.27. The van der Waals surface area contributed by atoms with E-state index in [4.69, 9.17) is 11.6 Å². The second-order valence-corrected chi connectivity index (χ2v) is 5.63. The Hall–Kier alpha value is -0.830. The highest BCUT2D eigenvalue weighted by molar-refractivity contribution is 6.30. The van der Waals surface area contributed by atoms with Crippen LogP contribution in [-0.4, -0.2) is 22.6 Å². The molecule has 2 heterocycles. The predicted octanol–water partition coefficient (Wildman–Crippen LogP) is 3.71. The molecule has 1 fully saturated rings. The zero-order valence-corrected chi connectivity index (χ0v) is 12.2. The maximum atomic E-state index is 6.23. The minimum atomic E-state index is 0.528. The summed E-state index contributed by atoms with van der Waals surface area (Å²) in [5.74, 6) is 1.76. The molecule has 0 radical (unpaired) electrons. The van der Waals surface area contributed by atoms with Crippen LogP contribution in [0.5, 0.6) is 0 Å². The number of rotatable bonds is 3. The van der Waals surface area contributed by atoms with Crippen molar-refractivity contribution in [3.63, 3.8) is 0 Å². The quantitative estimate of drug-likeness (QED) is 0.782. The van der Waals surface area contributed by atoms with Crippen molar-refractivity contribution in [2.24, 2.45) is 5.92 Å². The fourth-order valence-electron chi connectivity index (χ4n) is 2.73. The zero-order valence-electron chi connectivity index (χ0n) is 11.5. The Morgan fingerprint density at radius 3 is 2.89 bits per heavy atom. The van der Waals surface area contributed by atoms with E-state index in [9.17, 15) is 0 Å². The highest BCUT2D eigenvalue weighted by Crippen LogP contribution is 2.31. The van der Waals surface area contributed by atoms with Gasteiger partial charge in [0.05, 0.1) is 0 Å². The summed E-state index contributed by atoms with van der Waals surface area (Å²) in [7, 11) is 0. The molecule has 3 nitrogen and oxygen atoms in total. The fourth-order valence-corrected chi connectivity index (χ4v) is 2.95. The molecule has 100 valence electrons. The third-order valence-electron chi connectivity index (χ3n) is 4.02. The largest absolute Gasteiger partial charge is 0.353 e. The molecule has 2 unspecified atom stereocenters. The molecule has 1 saturated heterocycles. The summed E-state index contributed by atoms with van der Waals surface area (Å²) in [6.07, 6.45) is 6.14. The molecular weight excluding hydrogens is 246 g/mol. The molecule has 0 aromatic carbocycles. The SMILES string of the molecule is CCCc1c(Cl)ncnc1N1CCCC(C)C1C. The van der Waals surface area contributed by atoms with Crippen molar-refractivity contribution in [3.8, 4) is 0 Å². The summed E-state index contributed by atoms with van der Waals surface area (Å²) in [4.78, 5) is 11.0. The van der Waals surface area contributed by atoms with Gasteiger partial charge in [-0.15, -0.1) is 0 Å². The van der Waals surface area contributed by atoms with Crippen molar-refractivity contribution in [1.82, 2.24) is 9.97 Å². The molecule has 2 atom stereocenters. The van der Waals surface area contributed by atoms with Crippen molar-refractivity contribution in [2.75, 3.05) is 11.4 Å². The summed E-state index contributed by atoms with van der Waals surface area (Å²) in [6, 6.07) is 0.528. The van der Waals surface area contributed by atoms with Crippen LogP contribution in [-0.2, 0) is 6.42 Å². The lowest BCUT2D eigenvalue weighted by atomic mass is 9.91. The Morgan fingerprint density at radius 1 is 1.39 bits per heavy atom. The first-order valence-electron chi connectivity index (χ1n) is 6.91. The van der Waals surface area contributed by atoms with E-state index in [0.29, 0.717) is 17.1 Å². The van der Waals surface area contributed by atoms with E-state index in [1.54, 1.807) is 6.33 Å².